The Morgan fingerprint density at radius 2 is 1.95 bits per heavy atom. The van der Waals surface area contributed by atoms with Crippen LogP contribution in [0.25, 0.3) is 17.2 Å². The molecule has 1 aromatic carbocycles. The molecular weight excluding hydrogens is 270 g/mol. The van der Waals surface area contributed by atoms with Gasteiger partial charge in [0.1, 0.15) is 0 Å². The Morgan fingerprint density at radius 3 is 2.62 bits per heavy atom. The van der Waals surface area contributed by atoms with Crippen LogP contribution in [-0.2, 0) is 4.79 Å². The molecule has 0 atom stereocenters. The summed E-state index contributed by atoms with van der Waals surface area (Å²) in [4.78, 5) is 14.8. The molecule has 0 unspecified atom stereocenters. The minimum Gasteiger partial charge on any atom is -0.493 e. The molecule has 1 heterocycles. The standard InChI is InChI=1S/C16H15NO4/c1-20-14-5-3-12(9-15(14)21-2)13-10-17-8-7-11(13)4-6-16(18)19/h3-10H,1-2H3,(H,18,19)/b6-4+. The van der Waals surface area contributed by atoms with Crippen LogP contribution in [0.3, 0.4) is 0 Å². The molecule has 2 aromatic rings. The van der Waals surface area contributed by atoms with Crippen LogP contribution in [0.5, 0.6) is 11.5 Å². The predicted molar refractivity (Wildman–Crippen MR) is 79.4 cm³/mol. The molecule has 0 aliphatic heterocycles. The number of hydrogen-bond donors (Lipinski definition) is 1. The highest BCUT2D eigenvalue weighted by atomic mass is 16.5. The number of hydrogen-bond acceptors (Lipinski definition) is 4. The fraction of sp³-hybridized carbons (Fsp3) is 0.125. The maximum absolute atomic E-state index is 10.7. The summed E-state index contributed by atoms with van der Waals surface area (Å²) in [6, 6.07) is 7.25. The number of methoxy groups -OCH3 is 2. The maximum atomic E-state index is 10.7. The fourth-order valence-electron chi connectivity index (χ4n) is 1.96. The zero-order chi connectivity index (χ0) is 15.2. The van der Waals surface area contributed by atoms with Crippen LogP contribution in [0.1, 0.15) is 5.56 Å². The zero-order valence-corrected chi connectivity index (χ0v) is 11.7. The second kappa shape index (κ2) is 6.56. The lowest BCUT2D eigenvalue weighted by Gasteiger charge is -2.11. The fourth-order valence-corrected chi connectivity index (χ4v) is 1.96. The minimum atomic E-state index is -0.995. The van der Waals surface area contributed by atoms with Gasteiger partial charge in [-0.2, -0.15) is 0 Å². The summed E-state index contributed by atoms with van der Waals surface area (Å²) in [7, 11) is 3.14. The molecule has 2 rings (SSSR count). The summed E-state index contributed by atoms with van der Waals surface area (Å²) < 4.78 is 10.5. The van der Waals surface area contributed by atoms with Gasteiger partial charge in [-0.3, -0.25) is 4.98 Å². The van der Waals surface area contributed by atoms with Crippen molar-refractivity contribution < 1.29 is 19.4 Å². The number of ether oxygens (including phenoxy) is 2. The van der Waals surface area contributed by atoms with Crippen molar-refractivity contribution in [1.29, 1.82) is 0 Å². The highest BCUT2D eigenvalue weighted by Crippen LogP contribution is 2.33. The summed E-state index contributed by atoms with van der Waals surface area (Å²) in [6.07, 6.45) is 5.93. The van der Waals surface area contributed by atoms with Gasteiger partial charge in [0.05, 0.1) is 14.2 Å². The van der Waals surface area contributed by atoms with Gasteiger partial charge in [0, 0.05) is 24.0 Å². The van der Waals surface area contributed by atoms with Crippen LogP contribution >= 0.6 is 0 Å². The smallest absolute Gasteiger partial charge is 0.328 e. The third-order valence-electron chi connectivity index (χ3n) is 2.95. The van der Waals surface area contributed by atoms with E-state index in [-0.39, 0.29) is 0 Å². The van der Waals surface area contributed by atoms with Gasteiger partial charge in [0.2, 0.25) is 0 Å². The Bertz CT molecular complexity index is 680. The molecule has 0 bridgehead atoms. The first-order chi connectivity index (χ1) is 10.2. The van der Waals surface area contributed by atoms with Gasteiger partial charge in [-0.05, 0) is 35.4 Å². The van der Waals surface area contributed by atoms with Crippen molar-refractivity contribution in [3.63, 3.8) is 0 Å². The number of benzene rings is 1. The van der Waals surface area contributed by atoms with Crippen molar-refractivity contribution >= 4 is 12.0 Å². The second-order valence-electron chi connectivity index (χ2n) is 4.20. The molecule has 0 radical (unpaired) electrons. The van der Waals surface area contributed by atoms with E-state index >= 15 is 0 Å². The van der Waals surface area contributed by atoms with E-state index in [9.17, 15) is 4.79 Å². The Morgan fingerprint density at radius 1 is 1.19 bits per heavy atom. The molecule has 0 aliphatic carbocycles. The van der Waals surface area contributed by atoms with Crippen molar-refractivity contribution in [1.82, 2.24) is 4.98 Å². The number of carboxylic acids is 1. The Hall–Kier alpha value is -2.82. The number of carboxylic acid groups (broad SMARTS) is 1. The number of pyridine rings is 1. The Balaban J connectivity index is 2.49. The van der Waals surface area contributed by atoms with Crippen LogP contribution in [0, 0.1) is 0 Å². The van der Waals surface area contributed by atoms with E-state index in [1.165, 1.54) is 6.08 Å². The normalized spacial score (nSPS) is 10.6. The Labute approximate surface area is 122 Å². The van der Waals surface area contributed by atoms with Crippen LogP contribution in [0.15, 0.2) is 42.7 Å². The molecule has 21 heavy (non-hydrogen) atoms. The highest BCUT2D eigenvalue weighted by Gasteiger charge is 2.08. The molecule has 1 N–H and O–H groups in total. The maximum Gasteiger partial charge on any atom is 0.328 e. The minimum absolute atomic E-state index is 0.604. The van der Waals surface area contributed by atoms with Gasteiger partial charge in [-0.25, -0.2) is 4.79 Å². The lowest BCUT2D eigenvalue weighted by molar-refractivity contribution is -0.131. The van der Waals surface area contributed by atoms with Crippen LogP contribution in [0.4, 0.5) is 0 Å². The van der Waals surface area contributed by atoms with Gasteiger partial charge < -0.3 is 14.6 Å². The number of carbonyl (C=O) groups is 1. The molecule has 1 aromatic heterocycles. The van der Waals surface area contributed by atoms with Crippen LogP contribution in [-0.4, -0.2) is 30.3 Å². The lowest BCUT2D eigenvalue weighted by atomic mass is 10.0. The van der Waals surface area contributed by atoms with E-state index < -0.39 is 5.97 Å². The molecule has 108 valence electrons. The summed E-state index contributed by atoms with van der Waals surface area (Å²) in [5, 5.41) is 8.75. The summed E-state index contributed by atoms with van der Waals surface area (Å²) in [5.74, 6) is 0.241. The molecular formula is C16H15NO4. The molecule has 0 spiro atoms. The summed E-state index contributed by atoms with van der Waals surface area (Å²) in [5.41, 5.74) is 2.45. The van der Waals surface area contributed by atoms with Crippen molar-refractivity contribution in [3.8, 4) is 22.6 Å². The first-order valence-corrected chi connectivity index (χ1v) is 6.23. The third-order valence-corrected chi connectivity index (χ3v) is 2.95. The van der Waals surface area contributed by atoms with Gasteiger partial charge in [-0.1, -0.05) is 6.07 Å². The highest BCUT2D eigenvalue weighted by molar-refractivity contribution is 5.87. The van der Waals surface area contributed by atoms with E-state index in [1.54, 1.807) is 38.7 Å². The molecule has 5 heteroatoms. The van der Waals surface area contributed by atoms with E-state index in [2.05, 4.69) is 4.98 Å². The quantitative estimate of drug-likeness (QED) is 0.855. The average Bonchev–Trinajstić information content (AvgIpc) is 2.52. The summed E-state index contributed by atoms with van der Waals surface area (Å²) >= 11 is 0. The molecule has 0 saturated heterocycles. The number of nitrogens with zero attached hydrogens (tertiary/aromatic N) is 1. The van der Waals surface area contributed by atoms with E-state index in [0.717, 1.165) is 22.8 Å². The van der Waals surface area contributed by atoms with Gasteiger partial charge >= 0.3 is 5.97 Å². The largest absolute Gasteiger partial charge is 0.493 e. The van der Waals surface area contributed by atoms with Crippen molar-refractivity contribution in [2.24, 2.45) is 0 Å². The number of rotatable bonds is 5. The van der Waals surface area contributed by atoms with Crippen molar-refractivity contribution in [3.05, 3.63) is 48.3 Å². The number of aromatic nitrogens is 1. The van der Waals surface area contributed by atoms with Crippen LogP contribution in [0.2, 0.25) is 0 Å². The Kier molecular flexibility index (Phi) is 4.56. The predicted octanol–water partition coefficient (Wildman–Crippen LogP) is 2.86. The van der Waals surface area contributed by atoms with Crippen molar-refractivity contribution in [2.75, 3.05) is 14.2 Å². The molecule has 0 amide bonds. The molecule has 0 aliphatic rings. The monoisotopic (exact) mass is 285 g/mol. The van der Waals surface area contributed by atoms with E-state index in [4.69, 9.17) is 14.6 Å². The molecule has 0 saturated carbocycles. The molecule has 0 fully saturated rings. The van der Waals surface area contributed by atoms with Gasteiger partial charge in [0.25, 0.3) is 0 Å². The van der Waals surface area contributed by atoms with E-state index in [1.807, 2.05) is 12.1 Å². The van der Waals surface area contributed by atoms with Gasteiger partial charge in [-0.15, -0.1) is 0 Å². The number of aliphatic carboxylic acids is 1. The average molecular weight is 285 g/mol. The van der Waals surface area contributed by atoms with Gasteiger partial charge in [0.15, 0.2) is 11.5 Å². The third kappa shape index (κ3) is 3.39. The SMILES string of the molecule is COc1ccc(-c2cnccc2/C=C/C(=O)O)cc1OC. The molecule has 5 nitrogen and oxygen atoms in total. The summed E-state index contributed by atoms with van der Waals surface area (Å²) in [6.45, 7) is 0. The topological polar surface area (TPSA) is 68.7 Å². The second-order valence-corrected chi connectivity index (χ2v) is 4.20. The first-order valence-electron chi connectivity index (χ1n) is 6.23. The van der Waals surface area contributed by atoms with E-state index in [0.29, 0.717) is 11.5 Å². The van der Waals surface area contributed by atoms with Crippen molar-refractivity contribution in [2.45, 2.75) is 0 Å². The van der Waals surface area contributed by atoms with Crippen LogP contribution < -0.4 is 9.47 Å². The zero-order valence-electron chi connectivity index (χ0n) is 11.7. The lowest BCUT2D eigenvalue weighted by Crippen LogP contribution is -1.92. The first kappa shape index (κ1) is 14.6.